The van der Waals surface area contributed by atoms with E-state index in [1.54, 1.807) is 12.1 Å². The number of carbonyl (C=O) groups excluding carboxylic acids is 2. The fraction of sp³-hybridized carbons (Fsp3) is 0.143. The van der Waals surface area contributed by atoms with Crippen molar-refractivity contribution in [2.24, 2.45) is 5.73 Å². The minimum atomic E-state index is -0.655. The van der Waals surface area contributed by atoms with Crippen molar-refractivity contribution in [3.05, 3.63) is 52.9 Å². The van der Waals surface area contributed by atoms with Gasteiger partial charge in [-0.3, -0.25) is 9.59 Å². The van der Waals surface area contributed by atoms with Crippen molar-refractivity contribution in [2.45, 2.75) is 6.54 Å². The average Bonchev–Trinajstić information content (AvgIpc) is 2.96. The third-order valence-electron chi connectivity index (χ3n) is 2.61. The van der Waals surface area contributed by atoms with Gasteiger partial charge < -0.3 is 20.2 Å². The SMILES string of the molecule is NC(=O)c1ccc(Cl)cc1OCC(=O)NCc1ccco1. The molecule has 1 aromatic heterocycles. The van der Waals surface area contributed by atoms with Crippen LogP contribution in [0.5, 0.6) is 5.75 Å². The van der Waals surface area contributed by atoms with Crippen LogP contribution in [0.1, 0.15) is 16.1 Å². The molecule has 7 heteroatoms. The van der Waals surface area contributed by atoms with Crippen molar-refractivity contribution in [3.8, 4) is 5.75 Å². The lowest BCUT2D eigenvalue weighted by Crippen LogP contribution is -2.28. The molecule has 0 bridgehead atoms. The Bertz CT molecular complexity index is 640. The number of nitrogens with two attached hydrogens (primary N) is 1. The van der Waals surface area contributed by atoms with Gasteiger partial charge in [0.25, 0.3) is 11.8 Å². The van der Waals surface area contributed by atoms with Crippen molar-refractivity contribution >= 4 is 23.4 Å². The molecule has 0 unspecified atom stereocenters. The van der Waals surface area contributed by atoms with Crippen molar-refractivity contribution in [2.75, 3.05) is 6.61 Å². The van der Waals surface area contributed by atoms with Crippen LogP contribution in [0.15, 0.2) is 41.0 Å². The smallest absolute Gasteiger partial charge is 0.258 e. The van der Waals surface area contributed by atoms with Crippen LogP contribution < -0.4 is 15.8 Å². The zero-order valence-corrected chi connectivity index (χ0v) is 11.7. The van der Waals surface area contributed by atoms with Gasteiger partial charge in [-0.15, -0.1) is 0 Å². The van der Waals surface area contributed by atoms with Crippen LogP contribution in [0, 0.1) is 0 Å². The van der Waals surface area contributed by atoms with Gasteiger partial charge >= 0.3 is 0 Å². The number of ether oxygens (including phenoxy) is 1. The standard InChI is InChI=1S/C14H13ClN2O4/c15-9-3-4-11(14(16)19)12(6-9)21-8-13(18)17-7-10-2-1-5-20-10/h1-6H,7-8H2,(H2,16,19)(H,17,18). The Balaban J connectivity index is 1.91. The molecule has 1 aromatic carbocycles. The third-order valence-corrected chi connectivity index (χ3v) is 2.84. The van der Waals surface area contributed by atoms with E-state index >= 15 is 0 Å². The van der Waals surface area contributed by atoms with Crippen LogP contribution in [0.25, 0.3) is 0 Å². The number of halogens is 1. The van der Waals surface area contributed by atoms with Crippen molar-refractivity contribution in [1.29, 1.82) is 0 Å². The molecule has 3 N–H and O–H groups in total. The quantitative estimate of drug-likeness (QED) is 0.849. The number of furan rings is 1. The molecule has 6 nitrogen and oxygen atoms in total. The Morgan fingerprint density at radius 3 is 2.81 bits per heavy atom. The summed E-state index contributed by atoms with van der Waals surface area (Å²) in [7, 11) is 0. The summed E-state index contributed by atoms with van der Waals surface area (Å²) in [5.74, 6) is -0.216. The molecule has 21 heavy (non-hydrogen) atoms. The Hall–Kier alpha value is -2.47. The first-order valence-corrected chi connectivity index (χ1v) is 6.45. The highest BCUT2D eigenvalue weighted by Crippen LogP contribution is 2.23. The van der Waals surface area contributed by atoms with E-state index in [4.69, 9.17) is 26.5 Å². The van der Waals surface area contributed by atoms with Crippen molar-refractivity contribution < 1.29 is 18.7 Å². The monoisotopic (exact) mass is 308 g/mol. The van der Waals surface area contributed by atoms with Gasteiger partial charge in [0.2, 0.25) is 0 Å². The first kappa shape index (κ1) is 14.9. The lowest BCUT2D eigenvalue weighted by atomic mass is 10.2. The lowest BCUT2D eigenvalue weighted by Gasteiger charge is -2.10. The summed E-state index contributed by atoms with van der Waals surface area (Å²) in [6.45, 7) is -0.00521. The molecule has 2 amide bonds. The van der Waals surface area contributed by atoms with E-state index in [1.165, 1.54) is 24.5 Å². The van der Waals surface area contributed by atoms with E-state index in [2.05, 4.69) is 5.32 Å². The van der Waals surface area contributed by atoms with Crippen molar-refractivity contribution in [1.82, 2.24) is 5.32 Å². The maximum Gasteiger partial charge on any atom is 0.258 e. The third kappa shape index (κ3) is 4.25. The first-order chi connectivity index (χ1) is 10.1. The predicted octanol–water partition coefficient (Wildman–Crippen LogP) is 1.73. The predicted molar refractivity (Wildman–Crippen MR) is 76.0 cm³/mol. The van der Waals surface area contributed by atoms with Crippen molar-refractivity contribution in [3.63, 3.8) is 0 Å². The Kier molecular flexibility index (Phi) is 4.84. The molecule has 110 valence electrons. The maximum atomic E-state index is 11.7. The van der Waals surface area contributed by atoms with Gasteiger partial charge in [-0.05, 0) is 30.3 Å². The van der Waals surface area contributed by atoms with Gasteiger partial charge in [-0.2, -0.15) is 0 Å². The molecule has 0 fully saturated rings. The number of rotatable bonds is 6. The first-order valence-electron chi connectivity index (χ1n) is 6.07. The van der Waals surface area contributed by atoms with Gasteiger partial charge in [-0.1, -0.05) is 11.6 Å². The van der Waals surface area contributed by atoms with Gasteiger partial charge in [-0.25, -0.2) is 0 Å². The molecule has 1 heterocycles. The van der Waals surface area contributed by atoms with E-state index in [0.717, 1.165) is 0 Å². The molecule has 0 saturated carbocycles. The Labute approximate surface area is 125 Å². The van der Waals surface area contributed by atoms with Gasteiger partial charge in [0.05, 0.1) is 18.4 Å². The zero-order valence-electron chi connectivity index (χ0n) is 11.0. The summed E-state index contributed by atoms with van der Waals surface area (Å²) in [5.41, 5.74) is 5.38. The second kappa shape index (κ2) is 6.81. The number of hydrogen-bond acceptors (Lipinski definition) is 4. The van der Waals surface area contributed by atoms with Gasteiger partial charge in [0.1, 0.15) is 11.5 Å². The summed E-state index contributed by atoms with van der Waals surface area (Å²) in [4.78, 5) is 22.9. The highest BCUT2D eigenvalue weighted by atomic mass is 35.5. The molecule has 0 saturated heterocycles. The molecular formula is C14H13ClN2O4. The lowest BCUT2D eigenvalue weighted by molar-refractivity contribution is -0.123. The molecule has 0 spiro atoms. The summed E-state index contributed by atoms with van der Waals surface area (Å²) in [6, 6.07) is 7.86. The molecule has 0 aliphatic carbocycles. The van der Waals surface area contributed by atoms with Gasteiger partial charge in [0.15, 0.2) is 6.61 Å². The Morgan fingerprint density at radius 1 is 1.33 bits per heavy atom. The van der Waals surface area contributed by atoms with E-state index in [9.17, 15) is 9.59 Å². The largest absolute Gasteiger partial charge is 0.483 e. The number of hydrogen-bond donors (Lipinski definition) is 2. The molecular weight excluding hydrogens is 296 g/mol. The highest BCUT2D eigenvalue weighted by Gasteiger charge is 2.12. The highest BCUT2D eigenvalue weighted by molar-refractivity contribution is 6.30. The number of benzene rings is 1. The van der Waals surface area contributed by atoms with E-state index in [0.29, 0.717) is 10.8 Å². The number of carbonyl (C=O) groups is 2. The molecule has 2 rings (SSSR count). The van der Waals surface area contributed by atoms with E-state index in [-0.39, 0.29) is 30.4 Å². The Morgan fingerprint density at radius 2 is 2.14 bits per heavy atom. The number of nitrogens with one attached hydrogen (secondary N) is 1. The van der Waals surface area contributed by atoms with Crippen LogP contribution in [-0.4, -0.2) is 18.4 Å². The van der Waals surface area contributed by atoms with E-state index < -0.39 is 5.91 Å². The molecule has 0 radical (unpaired) electrons. The summed E-state index contributed by atoms with van der Waals surface area (Å²) < 4.78 is 10.4. The second-order valence-corrected chi connectivity index (χ2v) is 4.59. The minimum Gasteiger partial charge on any atom is -0.483 e. The normalized spacial score (nSPS) is 10.1. The average molecular weight is 309 g/mol. The molecule has 0 atom stereocenters. The summed E-state index contributed by atoms with van der Waals surface area (Å²) in [6.07, 6.45) is 1.52. The molecule has 2 aromatic rings. The topological polar surface area (TPSA) is 94.6 Å². The number of amides is 2. The maximum absolute atomic E-state index is 11.7. The van der Waals surface area contributed by atoms with E-state index in [1.807, 2.05) is 0 Å². The minimum absolute atomic E-state index is 0.165. The van der Waals surface area contributed by atoms with Gasteiger partial charge in [0, 0.05) is 5.02 Å². The summed E-state index contributed by atoms with van der Waals surface area (Å²) >= 11 is 5.82. The fourth-order valence-electron chi connectivity index (χ4n) is 1.61. The van der Waals surface area contributed by atoms with Crippen LogP contribution in [0.2, 0.25) is 5.02 Å². The molecule has 0 aliphatic heterocycles. The van der Waals surface area contributed by atoms with Crippen LogP contribution >= 0.6 is 11.6 Å². The van der Waals surface area contributed by atoms with Crippen LogP contribution in [0.4, 0.5) is 0 Å². The zero-order chi connectivity index (χ0) is 15.2. The number of primary amides is 1. The van der Waals surface area contributed by atoms with Crippen LogP contribution in [0.3, 0.4) is 0 Å². The fourth-order valence-corrected chi connectivity index (χ4v) is 1.77. The molecule has 0 aliphatic rings. The van der Waals surface area contributed by atoms with Crippen LogP contribution in [-0.2, 0) is 11.3 Å². The summed E-state index contributed by atoms with van der Waals surface area (Å²) in [5, 5.41) is 2.99. The second-order valence-electron chi connectivity index (χ2n) is 4.15.